The van der Waals surface area contributed by atoms with Crippen molar-refractivity contribution in [3.8, 4) is 0 Å². The fourth-order valence-corrected chi connectivity index (χ4v) is 5.13. The second-order valence-electron chi connectivity index (χ2n) is 8.26. The number of carbonyl (C=O) groups excluding carboxylic acids is 2. The molecule has 1 fully saturated rings. The summed E-state index contributed by atoms with van der Waals surface area (Å²) in [5.41, 5.74) is 12.0. The fourth-order valence-electron chi connectivity index (χ4n) is 5.13. The molecule has 1 aromatic carbocycles. The number of hydrogen-bond donors (Lipinski definition) is 3. The zero-order valence-corrected chi connectivity index (χ0v) is 17.7. The number of rotatable bonds is 11. The minimum absolute atomic E-state index is 0.114. The molecule has 0 aliphatic carbocycles. The predicted molar refractivity (Wildman–Crippen MR) is 123 cm³/mol. The van der Waals surface area contributed by atoms with Gasteiger partial charge in [0.2, 0.25) is 11.8 Å². The van der Waals surface area contributed by atoms with Crippen molar-refractivity contribution >= 4 is 11.8 Å². The van der Waals surface area contributed by atoms with E-state index in [2.05, 4.69) is 31.6 Å². The number of benzene rings is 1. The summed E-state index contributed by atoms with van der Waals surface area (Å²) in [7, 11) is 0. The summed E-state index contributed by atoms with van der Waals surface area (Å²) in [6.07, 6.45) is 11.7. The van der Waals surface area contributed by atoms with Crippen LogP contribution in [0.1, 0.15) is 70.7 Å². The molecule has 2 amide bonds. The minimum atomic E-state index is -0.567. The standard InChI is InChI=1S/C25H33N3O2/c1-5-12-24(13-6-2)16-18(17-25(28-24,14-7-3)15-8-4)21-19(22(26)29)10-9-11-20(21)23(27)30/h5-11,18,28H,1-4,12-17H2,(H2,26,29)(H2,27,30). The van der Waals surface area contributed by atoms with Crippen molar-refractivity contribution in [3.05, 3.63) is 85.5 Å². The maximum Gasteiger partial charge on any atom is 0.249 e. The lowest BCUT2D eigenvalue weighted by atomic mass is 9.65. The smallest absolute Gasteiger partial charge is 0.249 e. The molecular weight excluding hydrogens is 374 g/mol. The lowest BCUT2D eigenvalue weighted by Gasteiger charge is -2.52. The van der Waals surface area contributed by atoms with Gasteiger partial charge < -0.3 is 16.8 Å². The van der Waals surface area contributed by atoms with E-state index in [1.807, 2.05) is 24.3 Å². The highest BCUT2D eigenvalue weighted by Gasteiger charge is 2.47. The Morgan fingerprint density at radius 2 is 1.23 bits per heavy atom. The Morgan fingerprint density at radius 1 is 0.867 bits per heavy atom. The summed E-state index contributed by atoms with van der Waals surface area (Å²) < 4.78 is 0. The number of hydrogen-bond acceptors (Lipinski definition) is 3. The van der Waals surface area contributed by atoms with Gasteiger partial charge in [-0.05, 0) is 62.1 Å². The van der Waals surface area contributed by atoms with Crippen molar-refractivity contribution in [1.29, 1.82) is 0 Å². The van der Waals surface area contributed by atoms with Crippen LogP contribution in [0.4, 0.5) is 0 Å². The van der Waals surface area contributed by atoms with Crippen molar-refractivity contribution in [2.24, 2.45) is 11.5 Å². The van der Waals surface area contributed by atoms with Gasteiger partial charge in [0.25, 0.3) is 0 Å². The van der Waals surface area contributed by atoms with Crippen LogP contribution >= 0.6 is 0 Å². The van der Waals surface area contributed by atoms with Crippen LogP contribution in [0.2, 0.25) is 0 Å². The Bertz CT molecular complexity index is 772. The lowest BCUT2D eigenvalue weighted by Crippen LogP contribution is -2.62. The normalized spacial score (nSPS) is 17.6. The van der Waals surface area contributed by atoms with Crippen molar-refractivity contribution in [3.63, 3.8) is 0 Å². The predicted octanol–water partition coefficient (Wildman–Crippen LogP) is 4.13. The molecule has 1 aliphatic heterocycles. The number of piperidine rings is 1. The van der Waals surface area contributed by atoms with Crippen molar-refractivity contribution in [1.82, 2.24) is 5.32 Å². The summed E-state index contributed by atoms with van der Waals surface area (Å²) >= 11 is 0. The van der Waals surface area contributed by atoms with Gasteiger partial charge in [-0.1, -0.05) is 30.4 Å². The van der Waals surface area contributed by atoms with E-state index in [9.17, 15) is 9.59 Å². The first kappa shape index (κ1) is 23.4. The van der Waals surface area contributed by atoms with Crippen molar-refractivity contribution in [2.45, 2.75) is 55.5 Å². The number of carbonyl (C=O) groups is 2. The average Bonchev–Trinajstić information content (AvgIpc) is 2.67. The Labute approximate surface area is 179 Å². The highest BCUT2D eigenvalue weighted by atomic mass is 16.1. The van der Waals surface area contributed by atoms with Gasteiger partial charge in [0.1, 0.15) is 0 Å². The van der Waals surface area contributed by atoms with Crippen LogP contribution in [-0.4, -0.2) is 22.9 Å². The van der Waals surface area contributed by atoms with Crippen LogP contribution in [-0.2, 0) is 0 Å². The molecule has 5 N–H and O–H groups in total. The van der Waals surface area contributed by atoms with E-state index in [4.69, 9.17) is 11.5 Å². The van der Waals surface area contributed by atoms with Crippen molar-refractivity contribution < 1.29 is 9.59 Å². The average molecular weight is 408 g/mol. The monoisotopic (exact) mass is 407 g/mol. The first-order chi connectivity index (χ1) is 14.3. The molecule has 0 radical (unpaired) electrons. The molecule has 5 nitrogen and oxygen atoms in total. The molecule has 0 spiro atoms. The number of amides is 2. The van der Waals surface area contributed by atoms with E-state index in [0.717, 1.165) is 0 Å². The van der Waals surface area contributed by atoms with E-state index < -0.39 is 11.8 Å². The van der Waals surface area contributed by atoms with Gasteiger partial charge in [0, 0.05) is 22.2 Å². The lowest BCUT2D eigenvalue weighted by molar-refractivity contribution is 0.0975. The highest BCUT2D eigenvalue weighted by molar-refractivity contribution is 6.01. The third kappa shape index (κ3) is 4.79. The summed E-state index contributed by atoms with van der Waals surface area (Å²) in [6, 6.07) is 4.97. The van der Waals surface area contributed by atoms with E-state index in [0.29, 0.717) is 55.2 Å². The Balaban J connectivity index is 2.74. The van der Waals surface area contributed by atoms with Crippen LogP contribution in [0.3, 0.4) is 0 Å². The number of nitrogens with one attached hydrogen (secondary N) is 1. The molecule has 5 heteroatoms. The summed E-state index contributed by atoms with van der Waals surface area (Å²) in [5, 5.41) is 3.86. The fraction of sp³-hybridized carbons (Fsp3) is 0.360. The Hall–Kier alpha value is -2.92. The summed E-state index contributed by atoms with van der Waals surface area (Å²) in [5.74, 6) is -1.25. The van der Waals surface area contributed by atoms with Crippen LogP contribution in [0, 0.1) is 0 Å². The van der Waals surface area contributed by atoms with E-state index in [1.54, 1.807) is 18.2 Å². The highest BCUT2D eigenvalue weighted by Crippen LogP contribution is 2.47. The van der Waals surface area contributed by atoms with E-state index in [1.165, 1.54) is 0 Å². The van der Waals surface area contributed by atoms with Gasteiger partial charge in [-0.3, -0.25) is 9.59 Å². The molecule has 0 unspecified atom stereocenters. The zero-order valence-electron chi connectivity index (χ0n) is 17.7. The molecule has 1 heterocycles. The van der Waals surface area contributed by atoms with Gasteiger partial charge in [-0.15, -0.1) is 26.3 Å². The maximum absolute atomic E-state index is 12.3. The van der Waals surface area contributed by atoms with Gasteiger partial charge in [0.05, 0.1) is 0 Å². The summed E-state index contributed by atoms with van der Waals surface area (Å²) in [6.45, 7) is 15.8. The van der Waals surface area contributed by atoms with Crippen LogP contribution in [0.5, 0.6) is 0 Å². The van der Waals surface area contributed by atoms with Crippen molar-refractivity contribution in [2.75, 3.05) is 0 Å². The molecule has 1 saturated heterocycles. The molecule has 1 aromatic rings. The number of primary amides is 2. The molecule has 0 saturated carbocycles. The second kappa shape index (κ2) is 9.72. The van der Waals surface area contributed by atoms with Gasteiger partial charge in [-0.25, -0.2) is 0 Å². The van der Waals surface area contributed by atoms with E-state index in [-0.39, 0.29) is 17.0 Å². The van der Waals surface area contributed by atoms with Gasteiger partial charge in [0.15, 0.2) is 0 Å². The number of nitrogens with two attached hydrogens (primary N) is 2. The molecule has 0 aromatic heterocycles. The topological polar surface area (TPSA) is 98.2 Å². The molecule has 0 atom stereocenters. The maximum atomic E-state index is 12.3. The molecule has 0 bridgehead atoms. The molecule has 30 heavy (non-hydrogen) atoms. The largest absolute Gasteiger partial charge is 0.366 e. The molecule has 2 rings (SSSR count). The zero-order chi connectivity index (χ0) is 22.4. The minimum Gasteiger partial charge on any atom is -0.366 e. The van der Waals surface area contributed by atoms with Crippen LogP contribution in [0.25, 0.3) is 0 Å². The van der Waals surface area contributed by atoms with Gasteiger partial charge in [-0.2, -0.15) is 0 Å². The van der Waals surface area contributed by atoms with Crippen LogP contribution < -0.4 is 16.8 Å². The first-order valence-corrected chi connectivity index (χ1v) is 10.2. The second-order valence-corrected chi connectivity index (χ2v) is 8.26. The quantitative estimate of drug-likeness (QED) is 0.481. The first-order valence-electron chi connectivity index (χ1n) is 10.2. The molecule has 160 valence electrons. The Kier molecular flexibility index (Phi) is 7.57. The third-order valence-electron chi connectivity index (χ3n) is 5.99. The third-order valence-corrected chi connectivity index (χ3v) is 5.99. The Morgan fingerprint density at radius 3 is 1.53 bits per heavy atom. The molecular formula is C25H33N3O2. The SMILES string of the molecule is C=CCC1(CC=C)CC(c2c(C(N)=O)cccc2C(N)=O)CC(CC=C)(CC=C)N1. The molecule has 1 aliphatic rings. The van der Waals surface area contributed by atoms with E-state index >= 15 is 0 Å². The van der Waals surface area contributed by atoms with Crippen LogP contribution in [0.15, 0.2) is 68.8 Å². The van der Waals surface area contributed by atoms with Gasteiger partial charge >= 0.3 is 0 Å². The summed E-state index contributed by atoms with van der Waals surface area (Å²) in [4.78, 5) is 24.5.